The molecule has 17 heavy (non-hydrogen) atoms. The normalized spacial score (nSPS) is 10.3. The van der Waals surface area contributed by atoms with Gasteiger partial charge in [0.1, 0.15) is 0 Å². The van der Waals surface area contributed by atoms with Crippen LogP contribution >= 0.6 is 0 Å². The van der Waals surface area contributed by atoms with E-state index in [0.717, 1.165) is 30.5 Å². The predicted molar refractivity (Wildman–Crippen MR) is 71.0 cm³/mol. The third kappa shape index (κ3) is 4.19. The predicted octanol–water partition coefficient (Wildman–Crippen LogP) is 2.20. The molecule has 1 rings (SSSR count). The molecule has 1 aromatic carbocycles. The van der Waals surface area contributed by atoms with Crippen molar-refractivity contribution < 1.29 is 4.79 Å². The van der Waals surface area contributed by atoms with Gasteiger partial charge in [-0.25, -0.2) is 0 Å². The zero-order valence-electron chi connectivity index (χ0n) is 10.8. The SMILES string of the molecule is CCCCN(CCN)C(=O)c1cccc(C)c1. The summed E-state index contributed by atoms with van der Waals surface area (Å²) in [7, 11) is 0. The summed E-state index contributed by atoms with van der Waals surface area (Å²) in [5, 5.41) is 0. The highest BCUT2D eigenvalue weighted by Crippen LogP contribution is 2.08. The number of amides is 1. The lowest BCUT2D eigenvalue weighted by atomic mass is 10.1. The zero-order chi connectivity index (χ0) is 12.7. The third-order valence-corrected chi connectivity index (χ3v) is 2.73. The van der Waals surface area contributed by atoms with Crippen LogP contribution in [0.15, 0.2) is 24.3 Å². The van der Waals surface area contributed by atoms with Crippen molar-refractivity contribution in [2.24, 2.45) is 5.73 Å². The van der Waals surface area contributed by atoms with Crippen LogP contribution in [-0.2, 0) is 0 Å². The number of rotatable bonds is 6. The van der Waals surface area contributed by atoms with Crippen LogP contribution in [0.4, 0.5) is 0 Å². The lowest BCUT2D eigenvalue weighted by molar-refractivity contribution is 0.0758. The van der Waals surface area contributed by atoms with E-state index >= 15 is 0 Å². The Hall–Kier alpha value is -1.35. The first kappa shape index (κ1) is 13.7. The number of benzene rings is 1. The van der Waals surface area contributed by atoms with Gasteiger partial charge < -0.3 is 10.6 Å². The fourth-order valence-corrected chi connectivity index (χ4v) is 1.78. The Balaban J connectivity index is 2.76. The molecule has 0 saturated heterocycles. The Morgan fingerprint density at radius 2 is 2.12 bits per heavy atom. The van der Waals surface area contributed by atoms with Crippen LogP contribution in [0.25, 0.3) is 0 Å². The molecule has 3 heteroatoms. The summed E-state index contributed by atoms with van der Waals surface area (Å²) in [6.07, 6.45) is 2.11. The fraction of sp³-hybridized carbons (Fsp3) is 0.500. The Kier molecular flexibility index (Phi) is 5.70. The minimum absolute atomic E-state index is 0.0904. The molecule has 1 amide bonds. The first-order valence-corrected chi connectivity index (χ1v) is 6.25. The van der Waals surface area contributed by atoms with Crippen molar-refractivity contribution in [1.82, 2.24) is 4.90 Å². The first-order valence-electron chi connectivity index (χ1n) is 6.25. The highest BCUT2D eigenvalue weighted by Gasteiger charge is 2.14. The molecule has 0 aromatic heterocycles. The molecule has 3 nitrogen and oxygen atoms in total. The van der Waals surface area contributed by atoms with Crippen LogP contribution in [0, 0.1) is 6.92 Å². The Bertz CT molecular complexity index is 363. The number of aryl methyl sites for hydroxylation is 1. The van der Waals surface area contributed by atoms with Gasteiger partial charge in [-0.1, -0.05) is 31.0 Å². The van der Waals surface area contributed by atoms with Crippen LogP contribution in [0.1, 0.15) is 35.7 Å². The smallest absolute Gasteiger partial charge is 0.253 e. The molecule has 0 aliphatic carbocycles. The quantitative estimate of drug-likeness (QED) is 0.820. The minimum Gasteiger partial charge on any atom is -0.337 e. The summed E-state index contributed by atoms with van der Waals surface area (Å²) in [6, 6.07) is 7.71. The van der Waals surface area contributed by atoms with Gasteiger partial charge in [0.25, 0.3) is 5.91 Å². The van der Waals surface area contributed by atoms with Crippen molar-refractivity contribution in [3.05, 3.63) is 35.4 Å². The molecular weight excluding hydrogens is 212 g/mol. The Morgan fingerprint density at radius 3 is 2.71 bits per heavy atom. The molecule has 94 valence electrons. The standard InChI is InChI=1S/C14H22N2O/c1-3-4-9-16(10-8-15)14(17)13-7-5-6-12(2)11-13/h5-7,11H,3-4,8-10,15H2,1-2H3. The Morgan fingerprint density at radius 1 is 1.35 bits per heavy atom. The van der Waals surface area contributed by atoms with Gasteiger partial charge in [0, 0.05) is 25.2 Å². The molecule has 0 saturated carbocycles. The van der Waals surface area contributed by atoms with Crippen LogP contribution in [0.5, 0.6) is 0 Å². The molecule has 0 bridgehead atoms. The number of hydrogen-bond acceptors (Lipinski definition) is 2. The van der Waals surface area contributed by atoms with Gasteiger partial charge in [-0.15, -0.1) is 0 Å². The van der Waals surface area contributed by atoms with E-state index in [1.807, 2.05) is 36.1 Å². The van der Waals surface area contributed by atoms with E-state index in [2.05, 4.69) is 6.92 Å². The molecule has 0 spiro atoms. The zero-order valence-corrected chi connectivity index (χ0v) is 10.8. The summed E-state index contributed by atoms with van der Waals surface area (Å²) >= 11 is 0. The van der Waals surface area contributed by atoms with Crippen molar-refractivity contribution in [3.63, 3.8) is 0 Å². The molecule has 1 aromatic rings. The van der Waals surface area contributed by atoms with E-state index in [0.29, 0.717) is 13.1 Å². The second kappa shape index (κ2) is 7.07. The average Bonchev–Trinajstić information content (AvgIpc) is 2.33. The van der Waals surface area contributed by atoms with E-state index in [-0.39, 0.29) is 5.91 Å². The number of nitrogens with zero attached hydrogens (tertiary/aromatic N) is 1. The van der Waals surface area contributed by atoms with Gasteiger partial charge in [-0.05, 0) is 25.5 Å². The van der Waals surface area contributed by atoms with Crippen LogP contribution in [0.2, 0.25) is 0 Å². The van der Waals surface area contributed by atoms with Crippen molar-refractivity contribution in [2.75, 3.05) is 19.6 Å². The summed E-state index contributed by atoms with van der Waals surface area (Å²) in [6.45, 7) is 6.06. The largest absolute Gasteiger partial charge is 0.337 e. The summed E-state index contributed by atoms with van der Waals surface area (Å²) in [4.78, 5) is 14.1. The molecule has 0 fully saturated rings. The molecular formula is C14H22N2O. The highest BCUT2D eigenvalue weighted by atomic mass is 16.2. The first-order chi connectivity index (χ1) is 8.19. The number of hydrogen-bond donors (Lipinski definition) is 1. The van der Waals surface area contributed by atoms with Crippen LogP contribution in [0.3, 0.4) is 0 Å². The van der Waals surface area contributed by atoms with Crippen molar-refractivity contribution >= 4 is 5.91 Å². The molecule has 0 heterocycles. The van der Waals surface area contributed by atoms with Crippen LogP contribution in [-0.4, -0.2) is 30.4 Å². The third-order valence-electron chi connectivity index (χ3n) is 2.73. The van der Waals surface area contributed by atoms with Gasteiger partial charge in [0.2, 0.25) is 0 Å². The maximum atomic E-state index is 12.3. The fourth-order valence-electron chi connectivity index (χ4n) is 1.78. The topological polar surface area (TPSA) is 46.3 Å². The average molecular weight is 234 g/mol. The van der Waals surface area contributed by atoms with E-state index in [1.54, 1.807) is 0 Å². The molecule has 0 unspecified atom stereocenters. The van der Waals surface area contributed by atoms with E-state index in [4.69, 9.17) is 5.73 Å². The second-order valence-electron chi connectivity index (χ2n) is 4.30. The number of unbranched alkanes of at least 4 members (excludes halogenated alkanes) is 1. The van der Waals surface area contributed by atoms with E-state index in [1.165, 1.54) is 0 Å². The monoisotopic (exact) mass is 234 g/mol. The second-order valence-corrected chi connectivity index (χ2v) is 4.30. The molecule has 0 aliphatic heterocycles. The number of carbonyl (C=O) groups excluding carboxylic acids is 1. The van der Waals surface area contributed by atoms with E-state index < -0.39 is 0 Å². The molecule has 2 N–H and O–H groups in total. The van der Waals surface area contributed by atoms with E-state index in [9.17, 15) is 4.79 Å². The van der Waals surface area contributed by atoms with Gasteiger partial charge in [-0.3, -0.25) is 4.79 Å². The number of carbonyl (C=O) groups is 1. The van der Waals surface area contributed by atoms with Crippen molar-refractivity contribution in [3.8, 4) is 0 Å². The van der Waals surface area contributed by atoms with Crippen LogP contribution < -0.4 is 5.73 Å². The van der Waals surface area contributed by atoms with Gasteiger partial charge >= 0.3 is 0 Å². The van der Waals surface area contributed by atoms with Gasteiger partial charge in [0.05, 0.1) is 0 Å². The highest BCUT2D eigenvalue weighted by molar-refractivity contribution is 5.94. The molecule has 0 aliphatic rings. The maximum Gasteiger partial charge on any atom is 0.253 e. The summed E-state index contributed by atoms with van der Waals surface area (Å²) in [5.74, 6) is 0.0904. The lowest BCUT2D eigenvalue weighted by Gasteiger charge is -2.22. The summed E-state index contributed by atoms with van der Waals surface area (Å²) in [5.41, 5.74) is 7.42. The molecule has 0 radical (unpaired) electrons. The van der Waals surface area contributed by atoms with Gasteiger partial charge in [0.15, 0.2) is 0 Å². The van der Waals surface area contributed by atoms with Crippen molar-refractivity contribution in [2.45, 2.75) is 26.7 Å². The Labute approximate surface area is 104 Å². The lowest BCUT2D eigenvalue weighted by Crippen LogP contribution is -2.36. The van der Waals surface area contributed by atoms with Gasteiger partial charge in [-0.2, -0.15) is 0 Å². The molecule has 0 atom stereocenters. The number of nitrogens with two attached hydrogens (primary N) is 1. The summed E-state index contributed by atoms with van der Waals surface area (Å²) < 4.78 is 0. The van der Waals surface area contributed by atoms with Crippen molar-refractivity contribution in [1.29, 1.82) is 0 Å². The minimum atomic E-state index is 0.0904. The maximum absolute atomic E-state index is 12.3.